The molecule has 0 aromatic heterocycles. The maximum atomic E-state index is 13.9. The molecule has 0 aliphatic heterocycles. The SMILES string of the molecule is CCc1ccc(F)c(F)c1-c1ccccc1C. The highest BCUT2D eigenvalue weighted by Crippen LogP contribution is 2.31. The fraction of sp³-hybridized carbons (Fsp3) is 0.200. The first-order valence-electron chi connectivity index (χ1n) is 5.68. The quantitative estimate of drug-likeness (QED) is 0.715. The first kappa shape index (κ1) is 11.8. The zero-order valence-corrected chi connectivity index (χ0v) is 9.93. The molecule has 0 fully saturated rings. The second-order valence-corrected chi connectivity index (χ2v) is 4.06. The van der Waals surface area contributed by atoms with Gasteiger partial charge >= 0.3 is 0 Å². The van der Waals surface area contributed by atoms with Gasteiger partial charge in [-0.2, -0.15) is 0 Å². The van der Waals surface area contributed by atoms with Crippen LogP contribution in [0, 0.1) is 18.6 Å². The first-order valence-corrected chi connectivity index (χ1v) is 5.68. The van der Waals surface area contributed by atoms with Gasteiger partial charge in [0.15, 0.2) is 11.6 Å². The molecule has 0 bridgehead atoms. The van der Waals surface area contributed by atoms with Crippen LogP contribution in [0.2, 0.25) is 0 Å². The Bertz CT molecular complexity index is 545. The summed E-state index contributed by atoms with van der Waals surface area (Å²) in [6, 6.07) is 10.3. The minimum Gasteiger partial charge on any atom is -0.204 e. The highest BCUT2D eigenvalue weighted by atomic mass is 19.2. The molecule has 2 rings (SSSR count). The Labute approximate surface area is 99.9 Å². The number of halogens is 2. The van der Waals surface area contributed by atoms with Crippen LogP contribution in [0.4, 0.5) is 8.78 Å². The first-order chi connectivity index (χ1) is 8.15. The molecule has 2 aromatic rings. The smallest absolute Gasteiger partial charge is 0.166 e. The van der Waals surface area contributed by atoms with Crippen molar-refractivity contribution in [1.82, 2.24) is 0 Å². The van der Waals surface area contributed by atoms with E-state index in [9.17, 15) is 8.78 Å². The van der Waals surface area contributed by atoms with Crippen LogP contribution in [0.5, 0.6) is 0 Å². The largest absolute Gasteiger partial charge is 0.204 e. The predicted octanol–water partition coefficient (Wildman–Crippen LogP) is 4.50. The van der Waals surface area contributed by atoms with Crippen molar-refractivity contribution in [2.24, 2.45) is 0 Å². The van der Waals surface area contributed by atoms with E-state index in [2.05, 4.69) is 0 Å². The molecular formula is C15H14F2. The zero-order valence-electron chi connectivity index (χ0n) is 9.93. The summed E-state index contributed by atoms with van der Waals surface area (Å²) in [5.74, 6) is -1.54. The van der Waals surface area contributed by atoms with Gasteiger partial charge in [0.2, 0.25) is 0 Å². The predicted molar refractivity (Wildman–Crippen MR) is 65.9 cm³/mol. The second kappa shape index (κ2) is 4.66. The number of aryl methyl sites for hydroxylation is 2. The van der Waals surface area contributed by atoms with Crippen LogP contribution in [0.15, 0.2) is 36.4 Å². The standard InChI is InChI=1S/C15H14F2/c1-3-11-8-9-13(16)15(17)14(11)12-7-5-4-6-10(12)2/h4-9H,3H2,1-2H3. The van der Waals surface area contributed by atoms with Crippen LogP contribution < -0.4 is 0 Å². The lowest BCUT2D eigenvalue weighted by Crippen LogP contribution is -1.97. The van der Waals surface area contributed by atoms with Crippen LogP contribution in [0.25, 0.3) is 11.1 Å². The molecular weight excluding hydrogens is 218 g/mol. The summed E-state index contributed by atoms with van der Waals surface area (Å²) in [5, 5.41) is 0. The third-order valence-corrected chi connectivity index (χ3v) is 2.98. The van der Waals surface area contributed by atoms with Gasteiger partial charge in [0, 0.05) is 5.56 Å². The van der Waals surface area contributed by atoms with E-state index in [0.717, 1.165) is 16.7 Å². The topological polar surface area (TPSA) is 0 Å². The van der Waals surface area contributed by atoms with E-state index >= 15 is 0 Å². The highest BCUT2D eigenvalue weighted by molar-refractivity contribution is 5.71. The number of hydrogen-bond donors (Lipinski definition) is 0. The van der Waals surface area contributed by atoms with Gasteiger partial charge in [-0.3, -0.25) is 0 Å². The third-order valence-electron chi connectivity index (χ3n) is 2.98. The van der Waals surface area contributed by atoms with Gasteiger partial charge in [-0.05, 0) is 36.1 Å². The molecule has 0 amide bonds. The maximum absolute atomic E-state index is 13.9. The molecule has 2 heteroatoms. The Morgan fingerprint density at radius 2 is 1.71 bits per heavy atom. The van der Waals surface area contributed by atoms with Crippen LogP contribution in [-0.4, -0.2) is 0 Å². The van der Waals surface area contributed by atoms with Gasteiger partial charge in [-0.25, -0.2) is 8.78 Å². The second-order valence-electron chi connectivity index (χ2n) is 4.06. The van der Waals surface area contributed by atoms with Crippen molar-refractivity contribution in [1.29, 1.82) is 0 Å². The number of rotatable bonds is 2. The van der Waals surface area contributed by atoms with E-state index in [1.54, 1.807) is 6.07 Å². The Hall–Kier alpha value is -1.70. The zero-order chi connectivity index (χ0) is 12.4. The van der Waals surface area contributed by atoms with Gasteiger partial charge in [0.25, 0.3) is 0 Å². The minimum atomic E-state index is -0.791. The lowest BCUT2D eigenvalue weighted by molar-refractivity contribution is 0.510. The molecule has 0 aliphatic rings. The summed E-state index contributed by atoms with van der Waals surface area (Å²) >= 11 is 0. The average Bonchev–Trinajstić information content (AvgIpc) is 2.34. The van der Waals surface area contributed by atoms with Gasteiger partial charge in [-0.1, -0.05) is 37.3 Å². The molecule has 0 nitrogen and oxygen atoms in total. The van der Waals surface area contributed by atoms with E-state index < -0.39 is 11.6 Å². The highest BCUT2D eigenvalue weighted by Gasteiger charge is 2.15. The summed E-state index contributed by atoms with van der Waals surface area (Å²) in [7, 11) is 0. The lowest BCUT2D eigenvalue weighted by atomic mass is 9.94. The summed E-state index contributed by atoms with van der Waals surface area (Å²) in [6.07, 6.45) is 0.681. The van der Waals surface area contributed by atoms with Crippen molar-refractivity contribution < 1.29 is 8.78 Å². The normalized spacial score (nSPS) is 10.6. The van der Waals surface area contributed by atoms with Crippen molar-refractivity contribution in [2.45, 2.75) is 20.3 Å². The van der Waals surface area contributed by atoms with E-state index in [4.69, 9.17) is 0 Å². The molecule has 0 N–H and O–H groups in total. The summed E-state index contributed by atoms with van der Waals surface area (Å²) in [4.78, 5) is 0. The maximum Gasteiger partial charge on any atom is 0.166 e. The average molecular weight is 232 g/mol. The Kier molecular flexibility index (Phi) is 3.23. The van der Waals surface area contributed by atoms with Crippen LogP contribution in [-0.2, 0) is 6.42 Å². The Balaban J connectivity index is 2.74. The van der Waals surface area contributed by atoms with E-state index in [1.807, 2.05) is 38.1 Å². The van der Waals surface area contributed by atoms with Crippen molar-refractivity contribution >= 4 is 0 Å². The van der Waals surface area contributed by atoms with Crippen LogP contribution >= 0.6 is 0 Å². The number of hydrogen-bond acceptors (Lipinski definition) is 0. The molecule has 0 spiro atoms. The Morgan fingerprint density at radius 3 is 2.35 bits per heavy atom. The van der Waals surface area contributed by atoms with Crippen molar-refractivity contribution in [3.05, 3.63) is 59.2 Å². The summed E-state index contributed by atoms with van der Waals surface area (Å²) < 4.78 is 27.3. The third kappa shape index (κ3) is 2.07. The fourth-order valence-electron chi connectivity index (χ4n) is 2.03. The van der Waals surface area contributed by atoms with Gasteiger partial charge in [0.1, 0.15) is 0 Å². The molecule has 88 valence electrons. The molecule has 0 saturated heterocycles. The van der Waals surface area contributed by atoms with Crippen molar-refractivity contribution in [2.75, 3.05) is 0 Å². The molecule has 0 aliphatic carbocycles. The molecule has 0 saturated carbocycles. The summed E-state index contributed by atoms with van der Waals surface area (Å²) in [6.45, 7) is 3.84. The fourth-order valence-corrected chi connectivity index (χ4v) is 2.03. The lowest BCUT2D eigenvalue weighted by Gasteiger charge is -2.12. The molecule has 0 radical (unpaired) electrons. The number of benzene rings is 2. The van der Waals surface area contributed by atoms with Gasteiger partial charge in [0.05, 0.1) is 0 Å². The van der Waals surface area contributed by atoms with E-state index in [-0.39, 0.29) is 0 Å². The molecule has 2 aromatic carbocycles. The summed E-state index contributed by atoms with van der Waals surface area (Å²) in [5.41, 5.74) is 2.94. The monoisotopic (exact) mass is 232 g/mol. The van der Waals surface area contributed by atoms with Crippen LogP contribution in [0.3, 0.4) is 0 Å². The molecule has 17 heavy (non-hydrogen) atoms. The van der Waals surface area contributed by atoms with Crippen molar-refractivity contribution in [3.63, 3.8) is 0 Å². The Morgan fingerprint density at radius 1 is 1.00 bits per heavy atom. The minimum absolute atomic E-state index is 0.394. The van der Waals surface area contributed by atoms with Gasteiger partial charge in [-0.15, -0.1) is 0 Å². The van der Waals surface area contributed by atoms with E-state index in [1.165, 1.54) is 6.07 Å². The van der Waals surface area contributed by atoms with Gasteiger partial charge < -0.3 is 0 Å². The molecule has 0 atom stereocenters. The van der Waals surface area contributed by atoms with Crippen molar-refractivity contribution in [3.8, 4) is 11.1 Å². The molecule has 0 unspecified atom stereocenters. The van der Waals surface area contributed by atoms with E-state index in [0.29, 0.717) is 12.0 Å². The van der Waals surface area contributed by atoms with Crippen LogP contribution in [0.1, 0.15) is 18.1 Å². The molecule has 0 heterocycles.